The van der Waals surface area contributed by atoms with E-state index >= 15 is 0 Å². The summed E-state index contributed by atoms with van der Waals surface area (Å²) in [6.07, 6.45) is 1.60. The maximum atomic E-state index is 11.9. The molecule has 7 heteroatoms. The van der Waals surface area contributed by atoms with E-state index in [0.29, 0.717) is 33.6 Å². The topological polar surface area (TPSA) is 78.5 Å². The Labute approximate surface area is 143 Å². The Bertz CT molecular complexity index is 862. The molecule has 2 heterocycles. The second-order valence-electron chi connectivity index (χ2n) is 5.08. The fraction of sp³-hybridized carbons (Fsp3) is 0.118. The minimum absolute atomic E-state index is 0.202. The molecule has 1 fully saturated rings. The molecule has 0 aliphatic carbocycles. The lowest BCUT2D eigenvalue weighted by Crippen LogP contribution is -2.25. The van der Waals surface area contributed by atoms with Gasteiger partial charge in [-0.3, -0.25) is 9.69 Å². The zero-order valence-electron chi connectivity index (χ0n) is 12.8. The first-order valence-electron chi connectivity index (χ1n) is 7.09. The number of likely N-dealkylation sites (N-methyl/N-ethyl adjacent to an activating group) is 1. The van der Waals surface area contributed by atoms with Gasteiger partial charge in [0.05, 0.1) is 11.6 Å². The van der Waals surface area contributed by atoms with Crippen molar-refractivity contribution in [3.8, 4) is 11.8 Å². The van der Waals surface area contributed by atoms with Crippen LogP contribution in [0.15, 0.2) is 46.5 Å². The van der Waals surface area contributed by atoms with Crippen LogP contribution in [0.1, 0.15) is 17.1 Å². The number of hydrogen-bond donors (Lipinski definition) is 1. The first-order chi connectivity index (χ1) is 11.6. The largest absolute Gasteiger partial charge is 0.486 e. The number of amides is 1. The third-order valence-corrected chi connectivity index (χ3v) is 3.79. The zero-order valence-corrected chi connectivity index (χ0v) is 13.6. The summed E-state index contributed by atoms with van der Waals surface area (Å²) in [6, 6.07) is 12.4. The van der Waals surface area contributed by atoms with E-state index in [0.717, 1.165) is 0 Å². The van der Waals surface area contributed by atoms with E-state index < -0.39 is 0 Å². The highest BCUT2D eigenvalue weighted by Gasteiger charge is 2.27. The Balaban J connectivity index is 1.64. The lowest BCUT2D eigenvalue weighted by Gasteiger charge is -2.03. The number of thiocarbonyl (C=S) groups is 1. The van der Waals surface area contributed by atoms with Gasteiger partial charge in [-0.25, -0.2) is 0 Å². The second kappa shape index (κ2) is 6.56. The molecule has 6 nitrogen and oxygen atoms in total. The summed E-state index contributed by atoms with van der Waals surface area (Å²) in [6.45, 7) is 0.245. The lowest BCUT2D eigenvalue weighted by atomic mass is 10.2. The van der Waals surface area contributed by atoms with Gasteiger partial charge in [0, 0.05) is 13.1 Å². The number of rotatable bonds is 4. The molecule has 0 spiro atoms. The van der Waals surface area contributed by atoms with Crippen molar-refractivity contribution < 1.29 is 13.9 Å². The van der Waals surface area contributed by atoms with E-state index in [1.54, 1.807) is 49.5 Å². The predicted molar refractivity (Wildman–Crippen MR) is 90.7 cm³/mol. The Morgan fingerprint density at radius 3 is 2.71 bits per heavy atom. The maximum absolute atomic E-state index is 11.9. The van der Waals surface area contributed by atoms with E-state index in [1.807, 2.05) is 6.07 Å². The molecule has 0 unspecified atom stereocenters. The molecule has 1 aromatic carbocycles. The van der Waals surface area contributed by atoms with E-state index in [-0.39, 0.29) is 12.5 Å². The Morgan fingerprint density at radius 2 is 2.08 bits per heavy atom. The average Bonchev–Trinajstić information content (AvgIpc) is 3.14. The van der Waals surface area contributed by atoms with E-state index in [4.69, 9.17) is 26.6 Å². The number of carbonyl (C=O) groups is 1. The van der Waals surface area contributed by atoms with Gasteiger partial charge in [0.2, 0.25) is 0 Å². The maximum Gasteiger partial charge on any atom is 0.276 e. The van der Waals surface area contributed by atoms with Crippen LogP contribution in [-0.2, 0) is 11.4 Å². The minimum atomic E-state index is -0.202. The zero-order chi connectivity index (χ0) is 17.1. The Kier molecular flexibility index (Phi) is 4.31. The number of furan rings is 1. The molecule has 1 amide bonds. The van der Waals surface area contributed by atoms with Crippen LogP contribution in [0.25, 0.3) is 6.08 Å². The molecule has 0 bridgehead atoms. The second-order valence-corrected chi connectivity index (χ2v) is 5.47. The molecule has 1 aliphatic heterocycles. The molecule has 0 radical (unpaired) electrons. The van der Waals surface area contributed by atoms with Crippen LogP contribution in [0.5, 0.6) is 5.75 Å². The van der Waals surface area contributed by atoms with E-state index in [9.17, 15) is 4.79 Å². The van der Waals surface area contributed by atoms with Crippen molar-refractivity contribution in [2.75, 3.05) is 7.05 Å². The first kappa shape index (κ1) is 15.8. The number of nitrogens with zero attached hydrogens (tertiary/aromatic N) is 2. The number of benzene rings is 1. The highest BCUT2D eigenvalue weighted by Crippen LogP contribution is 2.18. The molecular weight excluding hydrogens is 326 g/mol. The molecule has 24 heavy (non-hydrogen) atoms. The van der Waals surface area contributed by atoms with Crippen molar-refractivity contribution >= 4 is 29.3 Å². The summed E-state index contributed by atoms with van der Waals surface area (Å²) >= 11 is 5.01. The van der Waals surface area contributed by atoms with Crippen molar-refractivity contribution in [1.29, 1.82) is 5.26 Å². The number of carbonyl (C=O) groups excluding carboxylic acids is 1. The van der Waals surface area contributed by atoms with Gasteiger partial charge in [0.25, 0.3) is 5.91 Å². The first-order valence-corrected chi connectivity index (χ1v) is 7.50. The number of nitriles is 1. The number of nitrogens with one attached hydrogen (secondary N) is 1. The van der Waals surface area contributed by atoms with Gasteiger partial charge in [-0.05, 0) is 48.6 Å². The molecule has 1 aliphatic rings. The van der Waals surface area contributed by atoms with Crippen LogP contribution in [0.3, 0.4) is 0 Å². The van der Waals surface area contributed by atoms with Gasteiger partial charge < -0.3 is 14.5 Å². The summed E-state index contributed by atoms with van der Waals surface area (Å²) < 4.78 is 11.2. The summed E-state index contributed by atoms with van der Waals surface area (Å²) in [5.74, 6) is 1.59. The van der Waals surface area contributed by atoms with Crippen molar-refractivity contribution in [1.82, 2.24) is 10.2 Å². The van der Waals surface area contributed by atoms with Gasteiger partial charge in [0.15, 0.2) is 5.11 Å². The minimum Gasteiger partial charge on any atom is -0.486 e. The van der Waals surface area contributed by atoms with Crippen molar-refractivity contribution in [3.05, 3.63) is 59.2 Å². The molecule has 0 atom stereocenters. The average molecular weight is 339 g/mol. The van der Waals surface area contributed by atoms with Gasteiger partial charge in [-0.1, -0.05) is 0 Å². The molecule has 1 N–H and O–H groups in total. The fourth-order valence-corrected chi connectivity index (χ4v) is 2.29. The molecule has 2 aromatic rings. The van der Waals surface area contributed by atoms with Crippen LogP contribution >= 0.6 is 12.2 Å². The van der Waals surface area contributed by atoms with Gasteiger partial charge >= 0.3 is 0 Å². The molecule has 0 saturated carbocycles. The van der Waals surface area contributed by atoms with Gasteiger partial charge in [-0.15, -0.1) is 0 Å². The van der Waals surface area contributed by atoms with Crippen LogP contribution in [0, 0.1) is 11.3 Å². The third kappa shape index (κ3) is 3.29. The SMILES string of the molecule is CN1C(=O)/C(=C\c2ccc(COc3ccc(C#N)cc3)o2)NC1=S. The van der Waals surface area contributed by atoms with Crippen LogP contribution in [-0.4, -0.2) is 23.0 Å². The summed E-state index contributed by atoms with van der Waals surface area (Å²) in [5, 5.41) is 12.0. The molecule has 1 aromatic heterocycles. The molecule has 120 valence electrons. The van der Waals surface area contributed by atoms with Crippen molar-refractivity contribution in [2.24, 2.45) is 0 Å². The van der Waals surface area contributed by atoms with Crippen molar-refractivity contribution in [2.45, 2.75) is 6.61 Å². The Morgan fingerprint density at radius 1 is 1.33 bits per heavy atom. The summed E-state index contributed by atoms with van der Waals surface area (Å²) in [5.41, 5.74) is 0.947. The molecule has 1 saturated heterocycles. The smallest absolute Gasteiger partial charge is 0.276 e. The summed E-state index contributed by atoms with van der Waals surface area (Å²) in [4.78, 5) is 13.3. The standard InChI is InChI=1S/C17H13N3O3S/c1-20-16(21)15(19-17(20)24)8-13-6-7-14(23-13)10-22-12-4-2-11(9-18)3-5-12/h2-8H,10H2,1H3,(H,19,24)/b15-8+. The fourth-order valence-electron chi connectivity index (χ4n) is 2.10. The summed E-state index contributed by atoms with van der Waals surface area (Å²) in [7, 11) is 1.61. The quantitative estimate of drug-likeness (QED) is 0.681. The highest BCUT2D eigenvalue weighted by atomic mass is 32.1. The van der Waals surface area contributed by atoms with Gasteiger partial charge in [0.1, 0.15) is 29.6 Å². The Hall–Kier alpha value is -3.11. The molecule has 3 rings (SSSR count). The van der Waals surface area contributed by atoms with Crippen LogP contribution < -0.4 is 10.1 Å². The van der Waals surface area contributed by atoms with E-state index in [1.165, 1.54) is 4.90 Å². The van der Waals surface area contributed by atoms with Crippen molar-refractivity contribution in [3.63, 3.8) is 0 Å². The van der Waals surface area contributed by atoms with E-state index in [2.05, 4.69) is 5.32 Å². The van der Waals surface area contributed by atoms with Gasteiger partial charge in [-0.2, -0.15) is 5.26 Å². The van der Waals surface area contributed by atoms with Crippen LogP contribution in [0.4, 0.5) is 0 Å². The number of ether oxygens (including phenoxy) is 1. The lowest BCUT2D eigenvalue weighted by molar-refractivity contribution is -0.121. The highest BCUT2D eigenvalue weighted by molar-refractivity contribution is 7.80. The monoisotopic (exact) mass is 339 g/mol. The number of hydrogen-bond acceptors (Lipinski definition) is 5. The molecular formula is C17H13N3O3S. The third-order valence-electron chi connectivity index (χ3n) is 3.41. The van der Waals surface area contributed by atoms with Crippen LogP contribution in [0.2, 0.25) is 0 Å². The predicted octanol–water partition coefficient (Wildman–Crippen LogP) is 2.42. The normalized spacial score (nSPS) is 15.5.